The number of carbonyl (C=O) groups is 1. The van der Waals surface area contributed by atoms with Crippen LogP contribution in [0.3, 0.4) is 0 Å². The minimum absolute atomic E-state index is 0.192. The molecule has 1 aromatic heterocycles. The van der Waals surface area contributed by atoms with Crippen molar-refractivity contribution < 1.29 is 4.79 Å². The second-order valence-electron chi connectivity index (χ2n) is 3.64. The van der Waals surface area contributed by atoms with Crippen LogP contribution in [0.15, 0.2) is 36.7 Å². The third-order valence-corrected chi connectivity index (χ3v) is 2.46. The van der Waals surface area contributed by atoms with Gasteiger partial charge in [0.1, 0.15) is 11.5 Å². The highest BCUT2D eigenvalue weighted by Crippen LogP contribution is 2.10. The Hall–Kier alpha value is -2.14. The molecule has 0 aliphatic heterocycles. The Bertz CT molecular complexity index is 574. The van der Waals surface area contributed by atoms with E-state index in [1.807, 2.05) is 12.1 Å². The lowest BCUT2D eigenvalue weighted by Crippen LogP contribution is -2.24. The van der Waals surface area contributed by atoms with E-state index in [0.717, 1.165) is 5.56 Å². The molecular formula is C12H11ClN4O. The number of rotatable bonds is 3. The van der Waals surface area contributed by atoms with Crippen LogP contribution in [0.1, 0.15) is 16.1 Å². The molecule has 3 N–H and O–H groups in total. The van der Waals surface area contributed by atoms with E-state index < -0.39 is 0 Å². The predicted molar refractivity (Wildman–Crippen MR) is 69.1 cm³/mol. The van der Waals surface area contributed by atoms with Crippen molar-refractivity contribution in [2.75, 3.05) is 5.73 Å². The van der Waals surface area contributed by atoms with Gasteiger partial charge in [-0.2, -0.15) is 0 Å². The smallest absolute Gasteiger partial charge is 0.271 e. The summed E-state index contributed by atoms with van der Waals surface area (Å²) in [5.74, 6) is -0.111. The highest BCUT2D eigenvalue weighted by molar-refractivity contribution is 6.30. The van der Waals surface area contributed by atoms with Crippen LogP contribution in [0.4, 0.5) is 5.82 Å². The van der Waals surface area contributed by atoms with E-state index >= 15 is 0 Å². The first-order valence-corrected chi connectivity index (χ1v) is 5.63. The third kappa shape index (κ3) is 3.18. The Morgan fingerprint density at radius 2 is 2.22 bits per heavy atom. The molecule has 1 amide bonds. The van der Waals surface area contributed by atoms with Gasteiger partial charge in [-0.15, -0.1) is 0 Å². The monoisotopic (exact) mass is 262 g/mol. The van der Waals surface area contributed by atoms with Gasteiger partial charge in [-0.3, -0.25) is 9.78 Å². The summed E-state index contributed by atoms with van der Waals surface area (Å²) in [6, 6.07) is 7.25. The van der Waals surface area contributed by atoms with Crippen LogP contribution in [-0.2, 0) is 6.54 Å². The zero-order valence-corrected chi connectivity index (χ0v) is 10.2. The molecule has 1 heterocycles. The minimum atomic E-state index is -0.324. The highest BCUT2D eigenvalue weighted by Gasteiger charge is 2.07. The first kappa shape index (κ1) is 12.3. The fourth-order valence-corrected chi connectivity index (χ4v) is 1.62. The summed E-state index contributed by atoms with van der Waals surface area (Å²) in [4.78, 5) is 19.4. The molecule has 92 valence electrons. The Morgan fingerprint density at radius 3 is 2.94 bits per heavy atom. The number of nitrogen functional groups attached to an aromatic ring is 1. The predicted octanol–water partition coefficient (Wildman–Crippen LogP) is 1.64. The maximum Gasteiger partial charge on any atom is 0.271 e. The van der Waals surface area contributed by atoms with Gasteiger partial charge in [0.15, 0.2) is 0 Å². The Balaban J connectivity index is 2.00. The number of halogens is 1. The van der Waals surface area contributed by atoms with Gasteiger partial charge < -0.3 is 11.1 Å². The second kappa shape index (κ2) is 5.46. The Kier molecular flexibility index (Phi) is 3.74. The average molecular weight is 263 g/mol. The lowest BCUT2D eigenvalue weighted by Gasteiger charge is -2.05. The van der Waals surface area contributed by atoms with Crippen LogP contribution in [-0.4, -0.2) is 15.9 Å². The van der Waals surface area contributed by atoms with E-state index in [1.165, 1.54) is 12.4 Å². The molecule has 0 aliphatic carbocycles. The number of carbonyl (C=O) groups excluding carboxylic acids is 1. The molecule has 0 unspecified atom stereocenters. The summed E-state index contributed by atoms with van der Waals surface area (Å²) in [7, 11) is 0. The summed E-state index contributed by atoms with van der Waals surface area (Å²) in [5.41, 5.74) is 6.55. The lowest BCUT2D eigenvalue weighted by molar-refractivity contribution is 0.0945. The second-order valence-corrected chi connectivity index (χ2v) is 4.08. The number of amides is 1. The number of nitrogens with one attached hydrogen (secondary N) is 1. The standard InChI is InChI=1S/C12H11ClN4O/c13-9-3-1-2-8(4-9)5-16-12(18)10-6-15-7-11(14)17-10/h1-4,6-7H,5H2,(H2,14,17)(H,16,18). The van der Waals surface area contributed by atoms with Crippen molar-refractivity contribution in [2.24, 2.45) is 0 Å². The van der Waals surface area contributed by atoms with Crippen LogP contribution in [0.2, 0.25) is 5.02 Å². The van der Waals surface area contributed by atoms with Gasteiger partial charge >= 0.3 is 0 Å². The Labute approximate surface area is 109 Å². The fourth-order valence-electron chi connectivity index (χ4n) is 1.41. The first-order chi connectivity index (χ1) is 8.65. The first-order valence-electron chi connectivity index (χ1n) is 5.25. The summed E-state index contributed by atoms with van der Waals surface area (Å²) >= 11 is 5.85. The van der Waals surface area contributed by atoms with Crippen LogP contribution >= 0.6 is 11.6 Å². The Morgan fingerprint density at radius 1 is 1.39 bits per heavy atom. The van der Waals surface area contributed by atoms with Crippen LogP contribution in [0, 0.1) is 0 Å². The van der Waals surface area contributed by atoms with Gasteiger partial charge in [-0.1, -0.05) is 23.7 Å². The van der Waals surface area contributed by atoms with E-state index in [2.05, 4.69) is 15.3 Å². The van der Waals surface area contributed by atoms with Crippen LogP contribution in [0.5, 0.6) is 0 Å². The molecule has 18 heavy (non-hydrogen) atoms. The zero-order chi connectivity index (χ0) is 13.0. The van der Waals surface area contributed by atoms with Gasteiger partial charge in [0.05, 0.1) is 12.4 Å². The molecule has 0 atom stereocenters. The number of anilines is 1. The average Bonchev–Trinajstić information content (AvgIpc) is 2.36. The fraction of sp³-hybridized carbons (Fsp3) is 0.0833. The molecule has 0 fully saturated rings. The molecule has 1 aromatic carbocycles. The maximum absolute atomic E-state index is 11.8. The number of aromatic nitrogens is 2. The quantitative estimate of drug-likeness (QED) is 0.881. The highest BCUT2D eigenvalue weighted by atomic mass is 35.5. The molecule has 5 nitrogen and oxygen atoms in total. The molecule has 0 saturated carbocycles. The molecule has 0 aliphatic rings. The van der Waals surface area contributed by atoms with Crippen molar-refractivity contribution in [1.82, 2.24) is 15.3 Å². The van der Waals surface area contributed by atoms with Gasteiger partial charge in [-0.05, 0) is 17.7 Å². The minimum Gasteiger partial charge on any atom is -0.382 e. The SMILES string of the molecule is Nc1cncc(C(=O)NCc2cccc(Cl)c2)n1. The summed E-state index contributed by atoms with van der Waals surface area (Å²) < 4.78 is 0. The maximum atomic E-state index is 11.8. The van der Waals surface area contributed by atoms with Crippen molar-refractivity contribution in [3.8, 4) is 0 Å². The van der Waals surface area contributed by atoms with Gasteiger partial charge in [0.25, 0.3) is 5.91 Å². The zero-order valence-electron chi connectivity index (χ0n) is 9.43. The van der Waals surface area contributed by atoms with Crippen molar-refractivity contribution in [3.63, 3.8) is 0 Å². The van der Waals surface area contributed by atoms with E-state index in [4.69, 9.17) is 17.3 Å². The van der Waals surface area contributed by atoms with E-state index in [-0.39, 0.29) is 17.4 Å². The molecule has 0 bridgehead atoms. The summed E-state index contributed by atoms with van der Waals surface area (Å²) in [5, 5.41) is 3.34. The van der Waals surface area contributed by atoms with Crippen molar-refractivity contribution in [1.29, 1.82) is 0 Å². The third-order valence-electron chi connectivity index (χ3n) is 2.23. The molecular weight excluding hydrogens is 252 g/mol. The molecule has 2 rings (SSSR count). The van der Waals surface area contributed by atoms with Crippen LogP contribution < -0.4 is 11.1 Å². The molecule has 0 radical (unpaired) electrons. The lowest BCUT2D eigenvalue weighted by atomic mass is 10.2. The van der Waals surface area contributed by atoms with Crippen molar-refractivity contribution in [3.05, 3.63) is 52.9 Å². The van der Waals surface area contributed by atoms with Crippen molar-refractivity contribution >= 4 is 23.3 Å². The van der Waals surface area contributed by atoms with E-state index in [9.17, 15) is 4.79 Å². The number of benzene rings is 1. The molecule has 2 aromatic rings. The number of hydrogen-bond acceptors (Lipinski definition) is 4. The topological polar surface area (TPSA) is 80.9 Å². The van der Waals surface area contributed by atoms with Gasteiger partial charge in [0, 0.05) is 11.6 Å². The molecule has 0 spiro atoms. The van der Waals surface area contributed by atoms with Crippen LogP contribution in [0.25, 0.3) is 0 Å². The van der Waals surface area contributed by atoms with E-state index in [1.54, 1.807) is 12.1 Å². The van der Waals surface area contributed by atoms with E-state index in [0.29, 0.717) is 11.6 Å². The number of nitrogens with zero attached hydrogens (tertiary/aromatic N) is 2. The summed E-state index contributed by atoms with van der Waals surface area (Å²) in [6.07, 6.45) is 2.75. The van der Waals surface area contributed by atoms with Gasteiger partial charge in [0.2, 0.25) is 0 Å². The number of nitrogens with two attached hydrogens (primary N) is 1. The largest absolute Gasteiger partial charge is 0.382 e. The number of hydrogen-bond donors (Lipinski definition) is 2. The normalized spacial score (nSPS) is 10.1. The van der Waals surface area contributed by atoms with Crippen molar-refractivity contribution in [2.45, 2.75) is 6.54 Å². The molecule has 6 heteroatoms. The summed E-state index contributed by atoms with van der Waals surface area (Å²) in [6.45, 7) is 0.371. The molecule has 0 saturated heterocycles. The van der Waals surface area contributed by atoms with Gasteiger partial charge in [-0.25, -0.2) is 4.98 Å².